The average molecular weight is 611 g/mol. The molecule has 0 spiro atoms. The number of rotatable bonds is 5. The predicted molar refractivity (Wildman–Crippen MR) is 203 cm³/mol. The minimum absolute atomic E-state index is 1.11. The van der Waals surface area contributed by atoms with Gasteiger partial charge in [-0.2, -0.15) is 0 Å². The van der Waals surface area contributed by atoms with Gasteiger partial charge in [-0.3, -0.25) is 0 Å². The molecule has 0 radical (unpaired) electrons. The highest BCUT2D eigenvalue weighted by molar-refractivity contribution is 6.15. The first kappa shape index (κ1) is 26.8. The van der Waals surface area contributed by atoms with Crippen LogP contribution in [0.25, 0.3) is 71.6 Å². The van der Waals surface area contributed by atoms with Gasteiger partial charge in [0, 0.05) is 33.5 Å². The van der Waals surface area contributed by atoms with Crippen LogP contribution in [0.4, 0.5) is 17.1 Å². The highest BCUT2D eigenvalue weighted by atomic mass is 15.1. The second kappa shape index (κ2) is 10.6. The molecule has 0 amide bonds. The van der Waals surface area contributed by atoms with Crippen molar-refractivity contribution in [1.82, 2.24) is 4.57 Å². The minimum Gasteiger partial charge on any atom is -0.310 e. The number of benzene rings is 8. The number of anilines is 3. The van der Waals surface area contributed by atoms with Crippen LogP contribution in [-0.2, 0) is 0 Å². The average Bonchev–Trinajstić information content (AvgIpc) is 3.67. The van der Waals surface area contributed by atoms with Crippen LogP contribution >= 0.6 is 0 Å². The summed E-state index contributed by atoms with van der Waals surface area (Å²) in [5.41, 5.74) is 14.6. The molecule has 1 heterocycles. The molecule has 1 aromatic heterocycles. The van der Waals surface area contributed by atoms with Gasteiger partial charge in [-0.25, -0.2) is 0 Å². The van der Waals surface area contributed by atoms with Crippen molar-refractivity contribution in [2.75, 3.05) is 4.90 Å². The number of aromatic nitrogens is 1. The first-order valence-electron chi connectivity index (χ1n) is 16.5. The Morgan fingerprint density at radius 2 is 0.896 bits per heavy atom. The fourth-order valence-electron chi connectivity index (χ4n) is 7.75. The summed E-state index contributed by atoms with van der Waals surface area (Å²) in [4.78, 5) is 2.38. The van der Waals surface area contributed by atoms with Gasteiger partial charge < -0.3 is 9.47 Å². The SMILES string of the molecule is c1ccc(-c2ccc(N(c3ccc(-n4c5ccccc5c5ccccc54)cc3)c3ccc4c(c3)-c3cccc5cccc-4c35)cc2)cc1. The normalized spacial score (nSPS) is 11.8. The smallest absolute Gasteiger partial charge is 0.0541 e. The Morgan fingerprint density at radius 3 is 1.56 bits per heavy atom. The van der Waals surface area contributed by atoms with Gasteiger partial charge in [0.25, 0.3) is 0 Å². The van der Waals surface area contributed by atoms with Gasteiger partial charge in [0.1, 0.15) is 0 Å². The maximum Gasteiger partial charge on any atom is 0.0541 e. The molecule has 2 heteroatoms. The summed E-state index contributed by atoms with van der Waals surface area (Å²) in [7, 11) is 0. The summed E-state index contributed by atoms with van der Waals surface area (Å²) in [6.07, 6.45) is 0. The van der Waals surface area contributed by atoms with Crippen LogP contribution in [0.1, 0.15) is 0 Å². The fraction of sp³-hybridized carbons (Fsp3) is 0. The molecule has 2 nitrogen and oxygen atoms in total. The standard InChI is InChI=1S/C46H30N2/c1-2-10-31(11-3-1)32-20-22-34(23-21-32)47(37-28-29-38-41-16-8-12-33-13-9-17-42(46(33)41)43(38)30-37)35-24-26-36(27-25-35)48-44-18-6-4-14-39(44)40-15-5-7-19-45(40)48/h1-30H. The monoisotopic (exact) mass is 610 g/mol. The van der Waals surface area contributed by atoms with E-state index in [0.717, 1.165) is 22.7 Å². The van der Waals surface area contributed by atoms with Gasteiger partial charge >= 0.3 is 0 Å². The molecule has 0 atom stereocenters. The molecule has 0 unspecified atom stereocenters. The van der Waals surface area contributed by atoms with Crippen molar-refractivity contribution < 1.29 is 0 Å². The largest absolute Gasteiger partial charge is 0.310 e. The predicted octanol–water partition coefficient (Wildman–Crippen LogP) is 12.7. The van der Waals surface area contributed by atoms with Crippen molar-refractivity contribution in [2.45, 2.75) is 0 Å². The molecule has 9 aromatic rings. The lowest BCUT2D eigenvalue weighted by molar-refractivity contribution is 1.17. The first-order valence-corrected chi connectivity index (χ1v) is 16.5. The van der Waals surface area contributed by atoms with Gasteiger partial charge in [0.05, 0.1) is 11.0 Å². The molecule has 8 aromatic carbocycles. The Balaban J connectivity index is 1.12. The maximum absolute atomic E-state index is 2.38. The number of hydrogen-bond acceptors (Lipinski definition) is 1. The molecular formula is C46H30N2. The Labute approximate surface area is 279 Å². The lowest BCUT2D eigenvalue weighted by Gasteiger charge is -2.27. The van der Waals surface area contributed by atoms with E-state index in [1.54, 1.807) is 0 Å². The summed E-state index contributed by atoms with van der Waals surface area (Å²) in [5.74, 6) is 0. The van der Waals surface area contributed by atoms with Crippen molar-refractivity contribution in [3.8, 4) is 39.1 Å². The molecule has 0 fully saturated rings. The molecule has 10 rings (SSSR count). The molecule has 48 heavy (non-hydrogen) atoms. The zero-order chi connectivity index (χ0) is 31.6. The van der Waals surface area contributed by atoms with Crippen LogP contribution in [-0.4, -0.2) is 4.57 Å². The molecule has 224 valence electrons. The lowest BCUT2D eigenvalue weighted by Crippen LogP contribution is -2.10. The summed E-state index contributed by atoms with van der Waals surface area (Å²) < 4.78 is 2.38. The zero-order valence-electron chi connectivity index (χ0n) is 26.2. The van der Waals surface area contributed by atoms with E-state index in [0.29, 0.717) is 0 Å². The molecule has 1 aliphatic rings. The van der Waals surface area contributed by atoms with Gasteiger partial charge in [0.15, 0.2) is 0 Å². The van der Waals surface area contributed by atoms with E-state index in [-0.39, 0.29) is 0 Å². The van der Waals surface area contributed by atoms with Crippen molar-refractivity contribution in [3.63, 3.8) is 0 Å². The summed E-state index contributed by atoms with van der Waals surface area (Å²) in [6, 6.07) is 66.2. The van der Waals surface area contributed by atoms with Crippen molar-refractivity contribution >= 4 is 49.6 Å². The van der Waals surface area contributed by atoms with E-state index < -0.39 is 0 Å². The van der Waals surface area contributed by atoms with Gasteiger partial charge in [0.2, 0.25) is 0 Å². The number of para-hydroxylation sites is 2. The van der Waals surface area contributed by atoms with E-state index >= 15 is 0 Å². The summed E-state index contributed by atoms with van der Waals surface area (Å²) in [5, 5.41) is 5.18. The van der Waals surface area contributed by atoms with E-state index in [4.69, 9.17) is 0 Å². The number of fused-ring (bicyclic) bond motifs is 6. The van der Waals surface area contributed by atoms with E-state index in [1.807, 2.05) is 0 Å². The van der Waals surface area contributed by atoms with Crippen molar-refractivity contribution in [1.29, 1.82) is 0 Å². The first-order chi connectivity index (χ1) is 23.8. The van der Waals surface area contributed by atoms with Crippen molar-refractivity contribution in [3.05, 3.63) is 182 Å². The van der Waals surface area contributed by atoms with E-state index in [2.05, 4.69) is 191 Å². The number of hydrogen-bond donors (Lipinski definition) is 0. The van der Waals surface area contributed by atoms with Gasteiger partial charge in [-0.15, -0.1) is 0 Å². The zero-order valence-corrected chi connectivity index (χ0v) is 26.2. The molecule has 0 saturated carbocycles. The highest BCUT2D eigenvalue weighted by Gasteiger charge is 2.23. The molecule has 0 N–H and O–H groups in total. The highest BCUT2D eigenvalue weighted by Crippen LogP contribution is 2.49. The summed E-state index contributed by atoms with van der Waals surface area (Å²) in [6.45, 7) is 0. The van der Waals surface area contributed by atoms with Crippen LogP contribution in [0, 0.1) is 0 Å². The van der Waals surface area contributed by atoms with Gasteiger partial charge in [-0.1, -0.05) is 121 Å². The van der Waals surface area contributed by atoms with Crippen molar-refractivity contribution in [2.24, 2.45) is 0 Å². The third-order valence-corrected chi connectivity index (χ3v) is 9.93. The van der Waals surface area contributed by atoms with Crippen LogP contribution in [0.3, 0.4) is 0 Å². The topological polar surface area (TPSA) is 8.17 Å². The molecule has 0 saturated heterocycles. The van der Waals surface area contributed by atoms with Crippen LogP contribution in [0.5, 0.6) is 0 Å². The van der Waals surface area contributed by atoms with Gasteiger partial charge in [-0.05, 0) is 105 Å². The van der Waals surface area contributed by atoms with Crippen LogP contribution in [0.15, 0.2) is 182 Å². The lowest BCUT2D eigenvalue weighted by atomic mass is 10.0. The fourth-order valence-corrected chi connectivity index (χ4v) is 7.75. The third kappa shape index (κ3) is 4.06. The number of nitrogens with zero attached hydrogens (tertiary/aromatic N) is 2. The maximum atomic E-state index is 2.38. The molecule has 1 aliphatic carbocycles. The quantitative estimate of drug-likeness (QED) is 0.188. The Morgan fingerprint density at radius 1 is 0.354 bits per heavy atom. The third-order valence-electron chi connectivity index (χ3n) is 9.93. The van der Waals surface area contributed by atoms with E-state index in [9.17, 15) is 0 Å². The molecule has 0 bridgehead atoms. The van der Waals surface area contributed by atoms with E-state index in [1.165, 1.54) is 66.0 Å². The van der Waals surface area contributed by atoms with Crippen LogP contribution in [0.2, 0.25) is 0 Å². The Kier molecular flexibility index (Phi) is 5.91. The minimum atomic E-state index is 1.11. The molecular weight excluding hydrogens is 581 g/mol. The summed E-state index contributed by atoms with van der Waals surface area (Å²) >= 11 is 0. The second-order valence-corrected chi connectivity index (χ2v) is 12.6. The Hall–Kier alpha value is -6.38. The second-order valence-electron chi connectivity index (χ2n) is 12.6. The Bertz CT molecular complexity index is 2590. The van der Waals surface area contributed by atoms with Crippen LogP contribution < -0.4 is 4.90 Å². The molecule has 0 aliphatic heterocycles.